The summed E-state index contributed by atoms with van der Waals surface area (Å²) in [5.41, 5.74) is 1.10. The normalized spacial score (nSPS) is 10.5. The van der Waals surface area contributed by atoms with Gasteiger partial charge in [0.2, 0.25) is 0 Å². The average molecular weight is 282 g/mol. The second kappa shape index (κ2) is 5.66. The fraction of sp³-hybridized carbons (Fsp3) is 0.125. The Morgan fingerprint density at radius 2 is 2.19 bits per heavy atom. The molecule has 0 aliphatic carbocycles. The summed E-state index contributed by atoms with van der Waals surface area (Å²) in [6, 6.07) is 10.7. The third kappa shape index (κ3) is 2.86. The van der Waals surface area contributed by atoms with Gasteiger partial charge in [-0.25, -0.2) is 9.78 Å². The lowest BCUT2D eigenvalue weighted by molar-refractivity contribution is 0.340. The summed E-state index contributed by atoms with van der Waals surface area (Å²) in [4.78, 5) is 15.7. The van der Waals surface area contributed by atoms with E-state index in [0.29, 0.717) is 18.1 Å². The first-order valence-corrected chi connectivity index (χ1v) is 6.63. The van der Waals surface area contributed by atoms with E-state index in [2.05, 4.69) is 4.98 Å². The van der Waals surface area contributed by atoms with Gasteiger partial charge in [0.05, 0.1) is 18.6 Å². The van der Waals surface area contributed by atoms with Gasteiger partial charge in [0.15, 0.2) is 0 Å². The molecule has 0 radical (unpaired) electrons. The molecule has 0 aliphatic heterocycles. The first kappa shape index (κ1) is 13.2. The van der Waals surface area contributed by atoms with Crippen molar-refractivity contribution in [2.75, 3.05) is 6.61 Å². The Morgan fingerprint density at radius 3 is 2.95 bits per heavy atom. The van der Waals surface area contributed by atoms with E-state index in [1.807, 2.05) is 31.2 Å². The predicted octanol–water partition coefficient (Wildman–Crippen LogP) is 2.89. The molecule has 1 aromatic carbocycles. The van der Waals surface area contributed by atoms with E-state index in [-0.39, 0.29) is 0 Å². The molecule has 2 heterocycles. The molecular weight excluding hydrogens is 268 g/mol. The predicted molar refractivity (Wildman–Crippen MR) is 78.7 cm³/mol. The van der Waals surface area contributed by atoms with Crippen molar-refractivity contribution in [2.24, 2.45) is 0 Å². The van der Waals surface area contributed by atoms with Gasteiger partial charge in [0, 0.05) is 30.1 Å². The molecule has 0 bridgehead atoms. The summed E-state index contributed by atoms with van der Waals surface area (Å²) in [5.74, 6) is 1.23. The Kier molecular flexibility index (Phi) is 3.55. The van der Waals surface area contributed by atoms with Crippen LogP contribution in [0.5, 0.6) is 5.75 Å². The van der Waals surface area contributed by atoms with Gasteiger partial charge in [-0.05, 0) is 19.1 Å². The summed E-state index contributed by atoms with van der Waals surface area (Å²) in [6.45, 7) is 2.51. The van der Waals surface area contributed by atoms with Crippen LogP contribution in [0.2, 0.25) is 0 Å². The van der Waals surface area contributed by atoms with Crippen molar-refractivity contribution < 1.29 is 9.15 Å². The van der Waals surface area contributed by atoms with Gasteiger partial charge in [-0.3, -0.25) is 0 Å². The van der Waals surface area contributed by atoms with Gasteiger partial charge in [-0.1, -0.05) is 12.1 Å². The van der Waals surface area contributed by atoms with Gasteiger partial charge in [-0.2, -0.15) is 0 Å². The van der Waals surface area contributed by atoms with Gasteiger partial charge < -0.3 is 13.7 Å². The lowest BCUT2D eigenvalue weighted by Gasteiger charge is -2.07. The second-order valence-electron chi connectivity index (χ2n) is 4.43. The van der Waals surface area contributed by atoms with Gasteiger partial charge in [0.25, 0.3) is 0 Å². The van der Waals surface area contributed by atoms with Crippen LogP contribution in [0.3, 0.4) is 0 Å². The van der Waals surface area contributed by atoms with Crippen molar-refractivity contribution in [1.82, 2.24) is 9.55 Å². The molecule has 0 fully saturated rings. The molecule has 21 heavy (non-hydrogen) atoms. The van der Waals surface area contributed by atoms with Crippen molar-refractivity contribution in [1.29, 1.82) is 0 Å². The number of hydrogen-bond acceptors (Lipinski definition) is 4. The van der Waals surface area contributed by atoms with Crippen LogP contribution in [0.15, 0.2) is 64.3 Å². The Balaban J connectivity index is 2.06. The van der Waals surface area contributed by atoms with E-state index < -0.39 is 5.63 Å². The van der Waals surface area contributed by atoms with Gasteiger partial charge in [-0.15, -0.1) is 0 Å². The summed E-state index contributed by atoms with van der Waals surface area (Å²) < 4.78 is 12.5. The highest BCUT2D eigenvalue weighted by atomic mass is 16.5. The van der Waals surface area contributed by atoms with Crippen LogP contribution in [0.1, 0.15) is 6.92 Å². The summed E-state index contributed by atoms with van der Waals surface area (Å²) in [6.07, 6.45) is 5.06. The lowest BCUT2D eigenvalue weighted by Crippen LogP contribution is -2.02. The Morgan fingerprint density at radius 1 is 1.29 bits per heavy atom. The van der Waals surface area contributed by atoms with Crippen molar-refractivity contribution in [2.45, 2.75) is 6.92 Å². The molecule has 106 valence electrons. The summed E-state index contributed by atoms with van der Waals surface area (Å²) >= 11 is 0. The van der Waals surface area contributed by atoms with Crippen LogP contribution in [0.4, 0.5) is 0 Å². The smallest absolute Gasteiger partial charge is 0.338 e. The van der Waals surface area contributed by atoms with E-state index in [4.69, 9.17) is 9.15 Å². The number of hydrogen-bond donors (Lipinski definition) is 0. The molecule has 0 saturated heterocycles. The van der Waals surface area contributed by atoms with Crippen LogP contribution in [-0.4, -0.2) is 16.2 Å². The number of benzene rings is 1. The molecule has 5 heteroatoms. The monoisotopic (exact) mass is 282 g/mol. The number of imidazole rings is 1. The zero-order valence-electron chi connectivity index (χ0n) is 11.5. The SMILES string of the molecule is CCOc1cccc(-c2cc(-n3ccnc3)cc(=O)o2)c1. The zero-order chi connectivity index (χ0) is 14.7. The standard InChI is InChI=1S/C16H14N2O3/c1-2-20-14-5-3-4-12(8-14)15-9-13(10-16(19)21-15)18-7-6-17-11-18/h3-11H,2H2,1H3. The van der Waals surface area contributed by atoms with Gasteiger partial charge in [0.1, 0.15) is 11.5 Å². The molecule has 0 unspecified atom stereocenters. The highest BCUT2D eigenvalue weighted by Gasteiger charge is 2.07. The number of ether oxygens (including phenoxy) is 1. The summed E-state index contributed by atoms with van der Waals surface area (Å²) in [5, 5.41) is 0. The van der Waals surface area contributed by atoms with Gasteiger partial charge >= 0.3 is 5.63 Å². The van der Waals surface area contributed by atoms with Crippen molar-refractivity contribution in [3.63, 3.8) is 0 Å². The van der Waals surface area contributed by atoms with Crippen LogP contribution in [-0.2, 0) is 0 Å². The second-order valence-corrected chi connectivity index (χ2v) is 4.43. The average Bonchev–Trinajstić information content (AvgIpc) is 3.01. The lowest BCUT2D eigenvalue weighted by atomic mass is 10.1. The molecule has 0 saturated carbocycles. The van der Waals surface area contributed by atoms with Crippen molar-refractivity contribution in [3.8, 4) is 22.8 Å². The number of rotatable bonds is 4. The number of aromatic nitrogens is 2. The molecule has 3 aromatic rings. The topological polar surface area (TPSA) is 57.3 Å². The van der Waals surface area contributed by atoms with Crippen LogP contribution >= 0.6 is 0 Å². The minimum atomic E-state index is -0.405. The largest absolute Gasteiger partial charge is 0.494 e. The van der Waals surface area contributed by atoms with Crippen LogP contribution in [0.25, 0.3) is 17.0 Å². The molecule has 0 amide bonds. The summed E-state index contributed by atoms with van der Waals surface area (Å²) in [7, 11) is 0. The fourth-order valence-corrected chi connectivity index (χ4v) is 2.07. The molecule has 0 aliphatic rings. The van der Waals surface area contributed by atoms with Crippen molar-refractivity contribution >= 4 is 0 Å². The zero-order valence-corrected chi connectivity index (χ0v) is 11.5. The highest BCUT2D eigenvalue weighted by Crippen LogP contribution is 2.24. The van der Waals surface area contributed by atoms with E-state index in [0.717, 1.165) is 11.3 Å². The Bertz CT molecular complexity index is 791. The maximum atomic E-state index is 11.8. The van der Waals surface area contributed by atoms with E-state index in [1.54, 1.807) is 29.4 Å². The van der Waals surface area contributed by atoms with Crippen molar-refractivity contribution in [3.05, 3.63) is 65.5 Å². The molecule has 5 nitrogen and oxygen atoms in total. The minimum Gasteiger partial charge on any atom is -0.494 e. The first-order chi connectivity index (χ1) is 10.3. The Labute approximate surface area is 121 Å². The fourth-order valence-electron chi connectivity index (χ4n) is 2.07. The third-order valence-corrected chi connectivity index (χ3v) is 2.99. The molecular formula is C16H14N2O3. The minimum absolute atomic E-state index is 0.405. The van der Waals surface area contributed by atoms with E-state index >= 15 is 0 Å². The quantitative estimate of drug-likeness (QED) is 0.738. The molecule has 2 aromatic heterocycles. The maximum absolute atomic E-state index is 11.8. The third-order valence-electron chi connectivity index (χ3n) is 2.99. The Hall–Kier alpha value is -2.82. The van der Waals surface area contributed by atoms with E-state index in [1.165, 1.54) is 6.07 Å². The molecule has 0 spiro atoms. The molecule has 0 N–H and O–H groups in total. The molecule has 0 atom stereocenters. The number of nitrogens with zero attached hydrogens (tertiary/aromatic N) is 2. The van der Waals surface area contributed by atoms with E-state index in [9.17, 15) is 4.79 Å². The maximum Gasteiger partial charge on any atom is 0.338 e. The first-order valence-electron chi connectivity index (χ1n) is 6.63. The van der Waals surface area contributed by atoms with Crippen LogP contribution in [0, 0.1) is 0 Å². The molecule has 3 rings (SSSR count). The van der Waals surface area contributed by atoms with Crippen LogP contribution < -0.4 is 10.4 Å². The highest BCUT2D eigenvalue weighted by molar-refractivity contribution is 5.61.